The molecule has 0 atom stereocenters. The molecular weight excluding hydrogens is 294 g/mol. The first-order chi connectivity index (χ1) is 11.0. The van der Waals surface area contributed by atoms with Crippen molar-refractivity contribution in [2.45, 2.75) is 32.3 Å². The van der Waals surface area contributed by atoms with Gasteiger partial charge in [-0.2, -0.15) is 4.91 Å². The van der Waals surface area contributed by atoms with Gasteiger partial charge in [-0.3, -0.25) is 4.79 Å². The lowest BCUT2D eigenvalue weighted by molar-refractivity contribution is -0.117. The molecule has 2 aromatic rings. The van der Waals surface area contributed by atoms with E-state index in [9.17, 15) is 9.70 Å². The van der Waals surface area contributed by atoms with Crippen LogP contribution in [0.2, 0.25) is 0 Å². The average Bonchev–Trinajstić information content (AvgIpc) is 3.31. The highest BCUT2D eigenvalue weighted by Gasteiger charge is 2.29. The Hall–Kier alpha value is -2.50. The van der Waals surface area contributed by atoms with Crippen LogP contribution in [-0.4, -0.2) is 23.0 Å². The highest BCUT2D eigenvalue weighted by atomic mass is 16.5. The zero-order valence-electron chi connectivity index (χ0n) is 13.2. The molecule has 1 amide bonds. The van der Waals surface area contributed by atoms with Gasteiger partial charge < -0.3 is 10.1 Å². The zero-order valence-corrected chi connectivity index (χ0v) is 13.2. The molecule has 1 N–H and O–H groups in total. The lowest BCUT2D eigenvalue weighted by atomic mass is 10.1. The minimum absolute atomic E-state index is 0.0416. The van der Waals surface area contributed by atoms with E-state index in [1.165, 1.54) is 0 Å². The minimum Gasteiger partial charge on any atom is -0.486 e. The van der Waals surface area contributed by atoms with Crippen molar-refractivity contribution in [3.05, 3.63) is 35.4 Å². The maximum Gasteiger partial charge on any atom is 0.228 e. The van der Waals surface area contributed by atoms with Crippen LogP contribution in [-0.2, 0) is 4.79 Å². The van der Waals surface area contributed by atoms with Crippen molar-refractivity contribution in [1.29, 1.82) is 0 Å². The van der Waals surface area contributed by atoms with E-state index in [0.29, 0.717) is 11.6 Å². The molecule has 3 rings (SSSR count). The summed E-state index contributed by atoms with van der Waals surface area (Å²) >= 11 is 0. The summed E-state index contributed by atoms with van der Waals surface area (Å²) in [5.74, 6) is 1.41. The molecule has 0 aliphatic heterocycles. The summed E-state index contributed by atoms with van der Waals surface area (Å²) in [4.78, 5) is 26.5. The standard InChI is InChI=1S/C17H19N3O3/c1-17(2,10-19-22)23-14-6-5-12-8-15(18-9-13(12)7-14)20-16(21)11-3-4-11/h5-9,11H,3-4,10H2,1-2H3,(H,18,20,21). The van der Waals surface area contributed by atoms with Crippen LogP contribution in [0.3, 0.4) is 0 Å². The third-order valence-corrected chi connectivity index (χ3v) is 3.73. The highest BCUT2D eigenvalue weighted by Crippen LogP contribution is 2.30. The molecule has 0 spiro atoms. The van der Waals surface area contributed by atoms with Crippen molar-refractivity contribution in [3.63, 3.8) is 0 Å². The maximum atomic E-state index is 11.8. The van der Waals surface area contributed by atoms with Crippen LogP contribution in [0.5, 0.6) is 5.75 Å². The van der Waals surface area contributed by atoms with Crippen LogP contribution in [0.1, 0.15) is 26.7 Å². The molecule has 0 radical (unpaired) electrons. The van der Waals surface area contributed by atoms with E-state index in [1.807, 2.05) is 38.1 Å². The van der Waals surface area contributed by atoms with Crippen molar-refractivity contribution < 1.29 is 9.53 Å². The second-order valence-electron chi connectivity index (χ2n) is 6.49. The molecule has 23 heavy (non-hydrogen) atoms. The van der Waals surface area contributed by atoms with E-state index in [4.69, 9.17) is 4.74 Å². The molecule has 6 heteroatoms. The summed E-state index contributed by atoms with van der Waals surface area (Å²) in [7, 11) is 0. The van der Waals surface area contributed by atoms with E-state index in [0.717, 1.165) is 23.6 Å². The third kappa shape index (κ3) is 3.83. The van der Waals surface area contributed by atoms with Gasteiger partial charge in [0.15, 0.2) is 0 Å². The predicted molar refractivity (Wildman–Crippen MR) is 88.5 cm³/mol. The number of rotatable bonds is 6. The van der Waals surface area contributed by atoms with Crippen LogP contribution in [0.25, 0.3) is 10.8 Å². The third-order valence-electron chi connectivity index (χ3n) is 3.73. The highest BCUT2D eigenvalue weighted by molar-refractivity contribution is 5.95. The molecular formula is C17H19N3O3. The van der Waals surface area contributed by atoms with Gasteiger partial charge >= 0.3 is 0 Å². The van der Waals surface area contributed by atoms with Gasteiger partial charge in [0.25, 0.3) is 0 Å². The number of pyridine rings is 1. The van der Waals surface area contributed by atoms with Crippen molar-refractivity contribution in [2.75, 3.05) is 11.9 Å². The van der Waals surface area contributed by atoms with Gasteiger partial charge in [0, 0.05) is 17.5 Å². The number of ether oxygens (including phenoxy) is 1. The second kappa shape index (κ2) is 5.95. The fourth-order valence-electron chi connectivity index (χ4n) is 2.33. The minimum atomic E-state index is -0.652. The Morgan fingerprint density at radius 3 is 2.83 bits per heavy atom. The number of benzene rings is 1. The number of carbonyl (C=O) groups is 1. The van der Waals surface area contributed by atoms with Gasteiger partial charge in [-0.15, -0.1) is 0 Å². The Labute approximate surface area is 134 Å². The molecule has 0 saturated heterocycles. The largest absolute Gasteiger partial charge is 0.486 e. The molecule has 1 aromatic carbocycles. The first-order valence-corrected chi connectivity index (χ1v) is 7.66. The number of fused-ring (bicyclic) bond motifs is 1. The van der Waals surface area contributed by atoms with Gasteiger partial charge in [0.05, 0.1) is 0 Å². The van der Waals surface area contributed by atoms with Crippen LogP contribution in [0.4, 0.5) is 5.82 Å². The number of nitrogens with one attached hydrogen (secondary N) is 1. The van der Waals surface area contributed by atoms with E-state index in [1.54, 1.807) is 6.20 Å². The lowest BCUT2D eigenvalue weighted by Crippen LogP contribution is -2.31. The number of anilines is 1. The number of aromatic nitrogens is 1. The molecule has 0 unspecified atom stereocenters. The quantitative estimate of drug-likeness (QED) is 0.828. The molecule has 1 fully saturated rings. The van der Waals surface area contributed by atoms with Crippen molar-refractivity contribution in [3.8, 4) is 5.75 Å². The molecule has 1 heterocycles. The summed E-state index contributed by atoms with van der Waals surface area (Å²) in [6, 6.07) is 7.45. The van der Waals surface area contributed by atoms with Gasteiger partial charge in [0.2, 0.25) is 5.91 Å². The molecule has 120 valence electrons. The Morgan fingerprint density at radius 2 is 2.13 bits per heavy atom. The van der Waals surface area contributed by atoms with Gasteiger partial charge in [-0.25, -0.2) is 4.98 Å². The van der Waals surface area contributed by atoms with Crippen LogP contribution in [0, 0.1) is 10.8 Å². The lowest BCUT2D eigenvalue weighted by Gasteiger charge is -2.23. The van der Waals surface area contributed by atoms with E-state index in [2.05, 4.69) is 15.5 Å². The summed E-state index contributed by atoms with van der Waals surface area (Å²) < 4.78 is 5.79. The molecule has 6 nitrogen and oxygen atoms in total. The first-order valence-electron chi connectivity index (χ1n) is 7.66. The van der Waals surface area contributed by atoms with Crippen LogP contribution >= 0.6 is 0 Å². The second-order valence-corrected chi connectivity index (χ2v) is 6.49. The average molecular weight is 313 g/mol. The topological polar surface area (TPSA) is 80.6 Å². The van der Waals surface area contributed by atoms with Crippen LogP contribution in [0.15, 0.2) is 35.6 Å². The molecule has 1 aromatic heterocycles. The van der Waals surface area contributed by atoms with Gasteiger partial charge in [-0.05, 0) is 50.3 Å². The Balaban J connectivity index is 1.78. The van der Waals surface area contributed by atoms with Crippen molar-refractivity contribution >= 4 is 22.5 Å². The normalized spacial score (nSPS) is 14.5. The number of amides is 1. The fraction of sp³-hybridized carbons (Fsp3) is 0.412. The smallest absolute Gasteiger partial charge is 0.228 e. The predicted octanol–water partition coefficient (Wildman–Crippen LogP) is 3.51. The van der Waals surface area contributed by atoms with E-state index in [-0.39, 0.29) is 18.4 Å². The van der Waals surface area contributed by atoms with E-state index < -0.39 is 5.60 Å². The molecule has 1 aliphatic carbocycles. The summed E-state index contributed by atoms with van der Waals surface area (Å²) in [5, 5.41) is 7.60. The number of carbonyl (C=O) groups excluding carboxylic acids is 1. The number of nitrogens with zero attached hydrogens (tertiary/aromatic N) is 2. The number of hydrogen-bond acceptors (Lipinski definition) is 5. The van der Waals surface area contributed by atoms with Crippen molar-refractivity contribution in [1.82, 2.24) is 4.98 Å². The maximum absolute atomic E-state index is 11.8. The summed E-state index contributed by atoms with van der Waals surface area (Å²) in [5.41, 5.74) is -0.652. The zero-order chi connectivity index (χ0) is 16.4. The SMILES string of the molecule is CC(C)(CN=O)Oc1ccc2cc(NC(=O)C3CC3)ncc2c1. The Bertz CT molecular complexity index is 754. The molecule has 1 saturated carbocycles. The molecule has 0 bridgehead atoms. The fourth-order valence-corrected chi connectivity index (χ4v) is 2.33. The monoisotopic (exact) mass is 313 g/mol. The molecule has 1 aliphatic rings. The Morgan fingerprint density at radius 1 is 1.35 bits per heavy atom. The number of nitroso groups, excluding NO2 is 1. The van der Waals surface area contributed by atoms with E-state index >= 15 is 0 Å². The van der Waals surface area contributed by atoms with Gasteiger partial charge in [0.1, 0.15) is 23.7 Å². The Kier molecular flexibility index (Phi) is 3.98. The van der Waals surface area contributed by atoms with Crippen molar-refractivity contribution in [2.24, 2.45) is 11.1 Å². The first kappa shape index (κ1) is 15.4. The number of hydrogen-bond donors (Lipinski definition) is 1. The summed E-state index contributed by atoms with van der Waals surface area (Å²) in [6.07, 6.45) is 3.63. The van der Waals surface area contributed by atoms with Gasteiger partial charge in [-0.1, -0.05) is 11.2 Å². The van der Waals surface area contributed by atoms with Crippen LogP contribution < -0.4 is 10.1 Å². The summed E-state index contributed by atoms with van der Waals surface area (Å²) in [6.45, 7) is 3.70.